The molecule has 0 aromatic heterocycles. The van der Waals surface area contributed by atoms with Gasteiger partial charge in [0.15, 0.2) is 0 Å². The Morgan fingerprint density at radius 3 is 1.14 bits per heavy atom. The molecule has 3 N–H and O–H groups in total. The average Bonchev–Trinajstić information content (AvgIpc) is 0.722. The van der Waals surface area contributed by atoms with E-state index in [1.807, 2.05) is 0 Å². The fourth-order valence-electron chi connectivity index (χ4n) is 0. The Bertz CT molecular complexity index is 57.8. The molecule has 0 atom stereocenters. The summed E-state index contributed by atoms with van der Waals surface area (Å²) < 4.78 is 8.88. The van der Waals surface area contributed by atoms with Gasteiger partial charge in [0.25, 0.3) is 0 Å². The van der Waals surface area contributed by atoms with Gasteiger partial charge in [0.1, 0.15) is 0 Å². The van der Waals surface area contributed by atoms with Crippen LogP contribution < -0.4 is 0 Å². The van der Waals surface area contributed by atoms with E-state index in [4.69, 9.17) is 19.2 Å². The molecule has 0 aliphatic rings. The summed E-state index contributed by atoms with van der Waals surface area (Å²) in [5.74, 6) is 0. The van der Waals surface area contributed by atoms with Crippen LogP contribution in [0.15, 0.2) is 0 Å². The molecule has 0 amide bonds. The Balaban J connectivity index is -0.0000000800. The third-order valence-electron chi connectivity index (χ3n) is 0. The van der Waals surface area contributed by atoms with Gasteiger partial charge in [0, 0.05) is 0 Å². The van der Waals surface area contributed by atoms with Gasteiger partial charge in [0.2, 0.25) is 0 Å². The Morgan fingerprint density at radius 1 is 1.14 bits per heavy atom. The molecule has 0 spiro atoms. The zero-order chi connectivity index (χ0) is 4.50. The Morgan fingerprint density at radius 2 is 1.14 bits per heavy atom. The molecule has 0 bridgehead atoms. The van der Waals surface area contributed by atoms with Gasteiger partial charge >= 0.3 is 76.2 Å². The third kappa shape index (κ3) is 62.1. The summed E-state index contributed by atoms with van der Waals surface area (Å²) >= 11 is 0. The van der Waals surface area contributed by atoms with Gasteiger partial charge in [-0.05, 0) is 0 Å². The van der Waals surface area contributed by atoms with Crippen molar-refractivity contribution in [2.75, 3.05) is 0 Å². The first-order valence-electron chi connectivity index (χ1n) is 0.783. The van der Waals surface area contributed by atoms with Crippen LogP contribution >= 0.6 is 7.82 Å². The third-order valence-corrected chi connectivity index (χ3v) is 0. The number of hydrogen-bond donors (Lipinski definition) is 3. The molecule has 0 unspecified atom stereocenters. The number of hydrogen-bond acceptors (Lipinski definition) is 1. The summed E-state index contributed by atoms with van der Waals surface area (Å²) in [6.07, 6.45) is 0. The predicted octanol–water partition coefficient (Wildman–Crippen LogP) is -1.31. The van der Waals surface area contributed by atoms with Crippen molar-refractivity contribution in [2.24, 2.45) is 0 Å². The van der Waals surface area contributed by atoms with Crippen LogP contribution in [0, 0.1) is 0 Å². The first-order valence-corrected chi connectivity index (χ1v) is 2.35. The van der Waals surface area contributed by atoms with Crippen molar-refractivity contribution in [3.63, 3.8) is 0 Å². The van der Waals surface area contributed by atoms with Crippen LogP contribution in [-0.4, -0.2) is 63.6 Å². The van der Waals surface area contributed by atoms with Crippen molar-refractivity contribution in [3.05, 3.63) is 0 Å². The minimum atomic E-state index is -4.64. The molecule has 4 nitrogen and oxygen atoms in total. The van der Waals surface area contributed by atoms with E-state index in [1.54, 1.807) is 0 Å². The average molecular weight is 301 g/mol. The second-order valence-corrected chi connectivity index (χ2v) is 1.54. The molecule has 7 heavy (non-hydrogen) atoms. The fraction of sp³-hybridized carbons (Fsp3) is 0. The zero-order valence-electron chi connectivity index (χ0n) is 3.61. The maximum atomic E-state index is 8.88. The molecule has 0 saturated carbocycles. The van der Waals surface area contributed by atoms with Crippen molar-refractivity contribution in [1.29, 1.82) is 0 Å². The second kappa shape index (κ2) is 6.43. The predicted molar refractivity (Wildman–Crippen MR) is 20.0 cm³/mol. The maximum Gasteiger partial charge on any atom is 2.00 e. The molecule has 0 aromatic carbocycles. The van der Waals surface area contributed by atoms with E-state index in [1.165, 1.54) is 0 Å². The molecule has 0 fully saturated rings. The van der Waals surface area contributed by atoms with E-state index >= 15 is 0 Å². The van der Waals surface area contributed by atoms with Gasteiger partial charge < -0.3 is 14.7 Å². The van der Waals surface area contributed by atoms with Crippen molar-refractivity contribution < 1.29 is 38.7 Å². The smallest absolute Gasteiger partial charge is 0.303 e. The molecule has 0 rings (SSSR count). The van der Waals surface area contributed by atoms with E-state index in [-0.39, 0.29) is 68.4 Å². The molecule has 0 saturated heterocycles. The summed E-state index contributed by atoms with van der Waals surface area (Å²) in [5.41, 5.74) is 0. The molecule has 0 aromatic rings. The second-order valence-electron chi connectivity index (χ2n) is 0.513. The molecular weight excluding hydrogens is 298 g/mol. The van der Waals surface area contributed by atoms with E-state index in [2.05, 4.69) is 0 Å². The molecule has 0 aliphatic heterocycles. The van der Waals surface area contributed by atoms with Gasteiger partial charge in [0.05, 0.1) is 0 Å². The molecule has 7 heteroatoms. The Kier molecular flexibility index (Phi) is 14.8. The molecule has 32 valence electrons. The number of phosphoric acid groups is 1. The van der Waals surface area contributed by atoms with Crippen LogP contribution in [0.1, 0.15) is 0 Å². The Hall–Kier alpha value is 2.30. The summed E-state index contributed by atoms with van der Waals surface area (Å²) in [5, 5.41) is 0. The van der Waals surface area contributed by atoms with Gasteiger partial charge in [-0.25, -0.2) is 4.57 Å². The molecule has 0 heterocycles. The van der Waals surface area contributed by atoms with Crippen LogP contribution in [0.2, 0.25) is 0 Å². The number of rotatable bonds is 0. The summed E-state index contributed by atoms with van der Waals surface area (Å²) in [6, 6.07) is 0. The van der Waals surface area contributed by atoms with Gasteiger partial charge in [-0.15, -0.1) is 0 Å². The Labute approximate surface area is 93.8 Å². The summed E-state index contributed by atoms with van der Waals surface area (Å²) in [4.78, 5) is 21.6. The van der Waals surface area contributed by atoms with Crippen molar-refractivity contribution in [1.82, 2.24) is 0 Å². The first kappa shape index (κ1) is 16.1. The monoisotopic (exact) mass is 300 g/mol. The summed E-state index contributed by atoms with van der Waals surface area (Å²) in [6.45, 7) is 0. The normalized spacial score (nSPS) is 8.43. The van der Waals surface area contributed by atoms with Crippen molar-refractivity contribution in [3.8, 4) is 0 Å². The molecule has 0 aliphatic carbocycles. The first-order chi connectivity index (χ1) is 2.00. The van der Waals surface area contributed by atoms with Crippen LogP contribution in [0.25, 0.3) is 0 Å². The standard InChI is InChI=1S/Ba.H3O4P.Zn/c;1-5(2,3)4;/h;(H3,1,2,3,4);/q+2;;+2. The van der Waals surface area contributed by atoms with Crippen molar-refractivity contribution >= 4 is 56.7 Å². The minimum Gasteiger partial charge on any atom is -0.303 e. The molecular formula is H3BaO4PZn+4. The molecule has 0 radical (unpaired) electrons. The van der Waals surface area contributed by atoms with Gasteiger partial charge in [-0.2, -0.15) is 0 Å². The van der Waals surface area contributed by atoms with E-state index in [0.29, 0.717) is 0 Å². The largest absolute Gasteiger partial charge is 2.00 e. The van der Waals surface area contributed by atoms with Crippen LogP contribution in [-0.2, 0) is 24.0 Å². The van der Waals surface area contributed by atoms with E-state index in [0.717, 1.165) is 0 Å². The fourth-order valence-corrected chi connectivity index (χ4v) is 0. The quantitative estimate of drug-likeness (QED) is 0.383. The van der Waals surface area contributed by atoms with E-state index < -0.39 is 7.82 Å². The maximum absolute atomic E-state index is 8.88. The van der Waals surface area contributed by atoms with Crippen LogP contribution in [0.4, 0.5) is 0 Å². The SMILES string of the molecule is O=P(O)(O)O.[Ba+2].[Zn+2]. The van der Waals surface area contributed by atoms with Gasteiger partial charge in [-0.1, -0.05) is 0 Å². The van der Waals surface area contributed by atoms with Gasteiger partial charge in [-0.3, -0.25) is 0 Å². The topological polar surface area (TPSA) is 77.8 Å². The summed E-state index contributed by atoms with van der Waals surface area (Å²) in [7, 11) is -4.64. The van der Waals surface area contributed by atoms with Crippen molar-refractivity contribution in [2.45, 2.75) is 0 Å². The zero-order valence-corrected chi connectivity index (χ0v) is 11.9. The van der Waals surface area contributed by atoms with E-state index in [9.17, 15) is 0 Å². The minimum absolute atomic E-state index is 0. The van der Waals surface area contributed by atoms with Crippen LogP contribution in [0.5, 0.6) is 0 Å². The van der Waals surface area contributed by atoms with Crippen LogP contribution in [0.3, 0.4) is 0 Å².